The van der Waals surface area contributed by atoms with Crippen molar-refractivity contribution in [2.45, 2.75) is 26.3 Å². The summed E-state index contributed by atoms with van der Waals surface area (Å²) in [5, 5.41) is 3.95. The molecule has 21 heavy (non-hydrogen) atoms. The highest BCUT2D eigenvalue weighted by Crippen LogP contribution is 2.31. The molecule has 1 aliphatic rings. The number of amides is 2. The lowest BCUT2D eigenvalue weighted by atomic mass is 10.2. The van der Waals surface area contributed by atoms with Crippen LogP contribution in [0.15, 0.2) is 28.7 Å². The van der Waals surface area contributed by atoms with Gasteiger partial charge in [0.1, 0.15) is 5.76 Å². The van der Waals surface area contributed by atoms with E-state index >= 15 is 0 Å². The number of para-hydroxylation sites is 1. The van der Waals surface area contributed by atoms with E-state index in [0.29, 0.717) is 6.61 Å². The van der Waals surface area contributed by atoms with Crippen molar-refractivity contribution in [3.8, 4) is 5.75 Å². The number of hydrogen-bond donors (Lipinski definition) is 1. The zero-order chi connectivity index (χ0) is 14.8. The second kappa shape index (κ2) is 5.68. The van der Waals surface area contributed by atoms with Crippen LogP contribution in [0.5, 0.6) is 5.75 Å². The van der Waals surface area contributed by atoms with Crippen LogP contribution in [0.1, 0.15) is 32.1 Å². The molecule has 3 rings (SSSR count). The van der Waals surface area contributed by atoms with Gasteiger partial charge in [0.25, 0.3) is 0 Å². The van der Waals surface area contributed by atoms with Crippen molar-refractivity contribution in [2.24, 2.45) is 0 Å². The highest BCUT2D eigenvalue weighted by Gasteiger charge is 2.23. The van der Waals surface area contributed by atoms with Crippen molar-refractivity contribution in [3.63, 3.8) is 0 Å². The molecule has 1 fully saturated rings. The Morgan fingerprint density at radius 3 is 2.95 bits per heavy atom. The maximum absolute atomic E-state index is 11.9. The van der Waals surface area contributed by atoms with Crippen molar-refractivity contribution in [3.05, 3.63) is 30.0 Å². The number of nitrogens with one attached hydrogen (secondary N) is 1. The third-order valence-electron chi connectivity index (χ3n) is 3.74. The molecule has 1 aromatic heterocycles. The normalized spacial score (nSPS) is 15.6. The van der Waals surface area contributed by atoms with Crippen molar-refractivity contribution >= 4 is 17.0 Å². The van der Waals surface area contributed by atoms with Crippen LogP contribution in [0.25, 0.3) is 11.0 Å². The number of fused-ring (bicyclic) bond motifs is 1. The average Bonchev–Trinajstić information content (AvgIpc) is 2.82. The number of rotatable bonds is 4. The minimum absolute atomic E-state index is 0.0285. The van der Waals surface area contributed by atoms with Gasteiger partial charge in [-0.2, -0.15) is 0 Å². The Bertz CT molecular complexity index is 646. The van der Waals surface area contributed by atoms with E-state index in [1.54, 1.807) is 4.90 Å². The van der Waals surface area contributed by atoms with E-state index in [4.69, 9.17) is 9.15 Å². The Kier molecular flexibility index (Phi) is 3.73. The van der Waals surface area contributed by atoms with Gasteiger partial charge in [-0.05, 0) is 32.4 Å². The van der Waals surface area contributed by atoms with Gasteiger partial charge in [-0.15, -0.1) is 0 Å². The van der Waals surface area contributed by atoms with Crippen molar-refractivity contribution in [1.29, 1.82) is 0 Å². The Morgan fingerprint density at radius 2 is 2.29 bits per heavy atom. The lowest BCUT2D eigenvalue weighted by Gasteiger charge is -2.31. The standard InChI is InChI=1S/C16H20N2O3/c1-3-20-13-7-4-6-12-10-14(21-15(12)13)11(2)17-16(19)18-8-5-9-18/h4,6-7,10-11H,3,5,8-9H2,1-2H3,(H,17,19). The minimum atomic E-state index is -0.167. The summed E-state index contributed by atoms with van der Waals surface area (Å²) in [6, 6.07) is 7.57. The topological polar surface area (TPSA) is 54.7 Å². The number of likely N-dealkylation sites (tertiary alicyclic amines) is 1. The maximum Gasteiger partial charge on any atom is 0.317 e. The van der Waals surface area contributed by atoms with Gasteiger partial charge in [-0.25, -0.2) is 4.79 Å². The monoisotopic (exact) mass is 288 g/mol. The molecular weight excluding hydrogens is 268 g/mol. The molecule has 0 aliphatic carbocycles. The SMILES string of the molecule is CCOc1cccc2cc(C(C)NC(=O)N3CCC3)oc12. The molecule has 2 aromatic rings. The Morgan fingerprint density at radius 1 is 1.48 bits per heavy atom. The first-order valence-electron chi connectivity index (χ1n) is 7.39. The summed E-state index contributed by atoms with van der Waals surface area (Å²) in [5.41, 5.74) is 0.736. The summed E-state index contributed by atoms with van der Waals surface area (Å²) in [7, 11) is 0. The summed E-state index contributed by atoms with van der Waals surface area (Å²) in [4.78, 5) is 13.7. The maximum atomic E-state index is 11.9. The van der Waals surface area contributed by atoms with Crippen LogP contribution in [0.3, 0.4) is 0 Å². The first-order valence-corrected chi connectivity index (χ1v) is 7.39. The quantitative estimate of drug-likeness (QED) is 0.939. The number of carbonyl (C=O) groups excluding carboxylic acids is 1. The van der Waals surface area contributed by atoms with Crippen LogP contribution in [-0.2, 0) is 0 Å². The largest absolute Gasteiger partial charge is 0.490 e. The Balaban J connectivity index is 1.79. The predicted molar refractivity (Wildman–Crippen MR) is 80.5 cm³/mol. The number of ether oxygens (including phenoxy) is 1. The molecule has 5 nitrogen and oxygen atoms in total. The van der Waals surface area contributed by atoms with E-state index in [-0.39, 0.29) is 12.1 Å². The molecule has 0 bridgehead atoms. The van der Waals surface area contributed by atoms with Crippen LogP contribution >= 0.6 is 0 Å². The van der Waals surface area contributed by atoms with Crippen LogP contribution < -0.4 is 10.1 Å². The van der Waals surface area contributed by atoms with E-state index < -0.39 is 0 Å². The molecule has 2 amide bonds. The third-order valence-corrected chi connectivity index (χ3v) is 3.74. The third kappa shape index (κ3) is 2.68. The molecular formula is C16H20N2O3. The fourth-order valence-electron chi connectivity index (χ4n) is 2.41. The average molecular weight is 288 g/mol. The molecule has 1 aromatic carbocycles. The Hall–Kier alpha value is -2.17. The van der Waals surface area contributed by atoms with Gasteiger partial charge in [0, 0.05) is 18.5 Å². The summed E-state index contributed by atoms with van der Waals surface area (Å²) < 4.78 is 11.5. The van der Waals surface area contributed by atoms with Crippen molar-refractivity contribution < 1.29 is 13.9 Å². The molecule has 2 heterocycles. The number of nitrogens with zero attached hydrogens (tertiary/aromatic N) is 1. The first kappa shape index (κ1) is 13.8. The number of urea groups is 1. The molecule has 1 N–H and O–H groups in total. The lowest BCUT2D eigenvalue weighted by Crippen LogP contribution is -2.48. The molecule has 1 atom stereocenters. The van der Waals surface area contributed by atoms with E-state index in [2.05, 4.69) is 5.32 Å². The van der Waals surface area contributed by atoms with Crippen molar-refractivity contribution in [2.75, 3.05) is 19.7 Å². The molecule has 0 radical (unpaired) electrons. The lowest BCUT2D eigenvalue weighted by molar-refractivity contribution is 0.163. The fourth-order valence-corrected chi connectivity index (χ4v) is 2.41. The van der Waals surface area contributed by atoms with Gasteiger partial charge in [0.05, 0.1) is 12.6 Å². The van der Waals surface area contributed by atoms with Gasteiger partial charge in [-0.1, -0.05) is 12.1 Å². The molecule has 1 unspecified atom stereocenters. The summed E-state index contributed by atoms with van der Waals surface area (Å²) >= 11 is 0. The van der Waals surface area contributed by atoms with Gasteiger partial charge >= 0.3 is 6.03 Å². The summed E-state index contributed by atoms with van der Waals surface area (Å²) in [6.45, 7) is 6.14. The molecule has 112 valence electrons. The zero-order valence-corrected chi connectivity index (χ0v) is 12.4. The van der Waals surface area contributed by atoms with E-state index in [1.807, 2.05) is 38.1 Å². The molecule has 5 heteroatoms. The minimum Gasteiger partial charge on any atom is -0.490 e. The molecule has 1 saturated heterocycles. The highest BCUT2D eigenvalue weighted by atomic mass is 16.5. The van der Waals surface area contributed by atoms with Crippen LogP contribution in [-0.4, -0.2) is 30.6 Å². The van der Waals surface area contributed by atoms with E-state index in [9.17, 15) is 4.79 Å². The number of furan rings is 1. The van der Waals surface area contributed by atoms with Crippen LogP contribution in [0, 0.1) is 0 Å². The first-order chi connectivity index (χ1) is 10.2. The number of hydrogen-bond acceptors (Lipinski definition) is 3. The van der Waals surface area contributed by atoms with Gasteiger partial charge in [-0.3, -0.25) is 0 Å². The van der Waals surface area contributed by atoms with Gasteiger partial charge < -0.3 is 19.4 Å². The zero-order valence-electron chi connectivity index (χ0n) is 12.4. The molecule has 0 saturated carbocycles. The number of benzene rings is 1. The smallest absolute Gasteiger partial charge is 0.317 e. The van der Waals surface area contributed by atoms with Crippen LogP contribution in [0.2, 0.25) is 0 Å². The molecule has 1 aliphatic heterocycles. The predicted octanol–water partition coefficient (Wildman–Crippen LogP) is 3.31. The summed E-state index contributed by atoms with van der Waals surface area (Å²) in [5.74, 6) is 1.48. The Labute approximate surface area is 123 Å². The highest BCUT2D eigenvalue weighted by molar-refractivity contribution is 5.84. The summed E-state index contributed by atoms with van der Waals surface area (Å²) in [6.07, 6.45) is 1.09. The van der Waals surface area contributed by atoms with E-state index in [1.165, 1.54) is 0 Å². The second-order valence-electron chi connectivity index (χ2n) is 5.27. The molecule has 0 spiro atoms. The number of carbonyl (C=O) groups is 1. The van der Waals surface area contributed by atoms with E-state index in [0.717, 1.165) is 42.0 Å². The second-order valence-corrected chi connectivity index (χ2v) is 5.27. The van der Waals surface area contributed by atoms with Crippen molar-refractivity contribution in [1.82, 2.24) is 10.2 Å². The van der Waals surface area contributed by atoms with Gasteiger partial charge in [0.2, 0.25) is 0 Å². The van der Waals surface area contributed by atoms with Gasteiger partial charge in [0.15, 0.2) is 11.3 Å². The van der Waals surface area contributed by atoms with Crippen LogP contribution in [0.4, 0.5) is 4.79 Å². The fraction of sp³-hybridized carbons (Fsp3) is 0.438.